The Morgan fingerprint density at radius 1 is 0.900 bits per heavy atom. The Bertz CT molecular complexity index is 1260. The average molecular weight is 397 g/mol. The van der Waals surface area contributed by atoms with E-state index >= 15 is 0 Å². The summed E-state index contributed by atoms with van der Waals surface area (Å²) in [7, 11) is 0. The van der Waals surface area contributed by atoms with E-state index in [1.807, 2.05) is 62.4 Å². The van der Waals surface area contributed by atoms with Gasteiger partial charge in [0, 0.05) is 11.1 Å². The maximum absolute atomic E-state index is 13.2. The van der Waals surface area contributed by atoms with E-state index in [4.69, 9.17) is 0 Å². The molecule has 3 aromatic carbocycles. The molecule has 1 N–H and O–H groups in total. The van der Waals surface area contributed by atoms with Crippen LogP contribution in [0.4, 0.5) is 5.69 Å². The maximum atomic E-state index is 13.2. The fourth-order valence-electron chi connectivity index (χ4n) is 3.52. The third-order valence-electron chi connectivity index (χ3n) is 5.04. The number of anilines is 1. The van der Waals surface area contributed by atoms with E-state index in [9.17, 15) is 9.59 Å². The number of amides is 1. The molecule has 0 aliphatic rings. The van der Waals surface area contributed by atoms with Gasteiger partial charge in [0.15, 0.2) is 5.69 Å². The molecule has 5 heteroatoms. The van der Waals surface area contributed by atoms with Crippen LogP contribution in [0.1, 0.15) is 41.5 Å². The Hall–Kier alpha value is -3.73. The molecule has 4 rings (SSSR count). The summed E-state index contributed by atoms with van der Waals surface area (Å²) < 4.78 is 1.37. The van der Waals surface area contributed by atoms with Crippen LogP contribution >= 0.6 is 0 Å². The maximum Gasteiger partial charge on any atom is 0.276 e. The van der Waals surface area contributed by atoms with E-state index in [-0.39, 0.29) is 23.2 Å². The molecule has 0 aliphatic heterocycles. The predicted molar refractivity (Wildman–Crippen MR) is 120 cm³/mol. The molecule has 30 heavy (non-hydrogen) atoms. The third-order valence-corrected chi connectivity index (χ3v) is 5.04. The quantitative estimate of drug-likeness (QED) is 0.525. The molecule has 1 amide bonds. The second kappa shape index (κ2) is 8.33. The van der Waals surface area contributed by atoms with Gasteiger partial charge in [0.25, 0.3) is 11.5 Å². The lowest BCUT2D eigenvalue weighted by Gasteiger charge is -2.15. The second-order valence-corrected chi connectivity index (χ2v) is 7.51. The number of nitrogens with zero attached hydrogens (tertiary/aromatic N) is 2. The van der Waals surface area contributed by atoms with Crippen molar-refractivity contribution in [2.45, 2.75) is 26.3 Å². The van der Waals surface area contributed by atoms with Gasteiger partial charge < -0.3 is 5.32 Å². The summed E-state index contributed by atoms with van der Waals surface area (Å²) >= 11 is 0. The molecule has 0 saturated heterocycles. The molecule has 0 spiro atoms. The molecule has 0 aliphatic carbocycles. The van der Waals surface area contributed by atoms with E-state index in [2.05, 4.69) is 22.5 Å². The Balaban J connectivity index is 1.73. The van der Waals surface area contributed by atoms with Crippen molar-refractivity contribution in [1.29, 1.82) is 0 Å². The van der Waals surface area contributed by atoms with Crippen LogP contribution in [0.25, 0.3) is 10.8 Å². The molecule has 0 atom stereocenters. The molecule has 0 saturated carbocycles. The molecule has 4 aromatic rings. The van der Waals surface area contributed by atoms with Gasteiger partial charge in [-0.3, -0.25) is 9.59 Å². The minimum Gasteiger partial charge on any atom is -0.320 e. The van der Waals surface area contributed by atoms with Crippen LogP contribution in [0, 0.1) is 0 Å². The number of aromatic nitrogens is 2. The van der Waals surface area contributed by atoms with Crippen molar-refractivity contribution in [2.75, 3.05) is 5.32 Å². The fraction of sp³-hybridized carbons (Fsp3) is 0.160. The molecule has 150 valence electrons. The highest BCUT2D eigenvalue weighted by Crippen LogP contribution is 2.21. The lowest BCUT2D eigenvalue weighted by atomic mass is 10.0. The molecule has 0 radical (unpaired) electrons. The first-order chi connectivity index (χ1) is 14.5. The summed E-state index contributed by atoms with van der Waals surface area (Å²) in [5.41, 5.74) is 2.96. The number of carbonyl (C=O) groups excluding carboxylic acids is 1. The topological polar surface area (TPSA) is 64.0 Å². The minimum absolute atomic E-state index is 0.154. The highest BCUT2D eigenvalue weighted by molar-refractivity contribution is 6.11. The number of fused-ring (bicyclic) bond motifs is 1. The van der Waals surface area contributed by atoms with Crippen LogP contribution in [0.15, 0.2) is 83.7 Å². The van der Waals surface area contributed by atoms with Crippen molar-refractivity contribution < 1.29 is 4.79 Å². The highest BCUT2D eigenvalue weighted by Gasteiger charge is 2.18. The van der Waals surface area contributed by atoms with Crippen LogP contribution in [0.3, 0.4) is 0 Å². The van der Waals surface area contributed by atoms with Crippen molar-refractivity contribution in [3.05, 3.63) is 106 Å². The highest BCUT2D eigenvalue weighted by atomic mass is 16.2. The Labute approximate surface area is 175 Å². The SMILES string of the molecule is CC(C)n1nc(C(=O)Nc2ccccc2Cc2ccccc2)c2ccccc2c1=O. The van der Waals surface area contributed by atoms with Gasteiger partial charge in [-0.15, -0.1) is 0 Å². The molecule has 5 nitrogen and oxygen atoms in total. The number of rotatable bonds is 5. The predicted octanol–water partition coefficient (Wildman–Crippen LogP) is 4.82. The molecule has 0 fully saturated rings. The number of carbonyl (C=O) groups is 1. The first kappa shape index (κ1) is 19.6. The summed E-state index contributed by atoms with van der Waals surface area (Å²) in [5.74, 6) is -0.332. The first-order valence-corrected chi connectivity index (χ1v) is 9.99. The Morgan fingerprint density at radius 2 is 1.53 bits per heavy atom. The van der Waals surface area contributed by atoms with Crippen LogP contribution in [-0.4, -0.2) is 15.7 Å². The Kier molecular flexibility index (Phi) is 5.44. The summed E-state index contributed by atoms with van der Waals surface area (Å²) in [5, 5.41) is 8.45. The summed E-state index contributed by atoms with van der Waals surface area (Å²) in [4.78, 5) is 26.0. The smallest absolute Gasteiger partial charge is 0.276 e. The normalized spacial score (nSPS) is 11.0. The van der Waals surface area contributed by atoms with Gasteiger partial charge in [-0.1, -0.05) is 66.7 Å². The molecular weight excluding hydrogens is 374 g/mol. The second-order valence-electron chi connectivity index (χ2n) is 7.51. The van der Waals surface area contributed by atoms with E-state index in [1.165, 1.54) is 4.68 Å². The number of para-hydroxylation sites is 1. The summed E-state index contributed by atoms with van der Waals surface area (Å²) in [6.45, 7) is 3.75. The van der Waals surface area contributed by atoms with Gasteiger partial charge >= 0.3 is 0 Å². The zero-order valence-corrected chi connectivity index (χ0v) is 17.0. The van der Waals surface area contributed by atoms with Crippen LogP contribution in [-0.2, 0) is 6.42 Å². The van der Waals surface area contributed by atoms with Gasteiger partial charge in [-0.05, 0) is 43.5 Å². The summed E-state index contributed by atoms with van der Waals surface area (Å²) in [6, 6.07) is 24.8. The van der Waals surface area contributed by atoms with Crippen molar-refractivity contribution >= 4 is 22.4 Å². The van der Waals surface area contributed by atoms with Crippen LogP contribution in [0.2, 0.25) is 0 Å². The monoisotopic (exact) mass is 397 g/mol. The van der Waals surface area contributed by atoms with Crippen LogP contribution < -0.4 is 10.9 Å². The van der Waals surface area contributed by atoms with E-state index in [0.717, 1.165) is 16.8 Å². The van der Waals surface area contributed by atoms with Gasteiger partial charge in [0.05, 0.1) is 11.4 Å². The molecule has 0 bridgehead atoms. The van der Waals surface area contributed by atoms with Gasteiger partial charge in [0.2, 0.25) is 0 Å². The number of hydrogen-bond acceptors (Lipinski definition) is 3. The Morgan fingerprint density at radius 3 is 2.27 bits per heavy atom. The van der Waals surface area contributed by atoms with Gasteiger partial charge in [0.1, 0.15) is 0 Å². The lowest BCUT2D eigenvalue weighted by Crippen LogP contribution is -2.29. The zero-order valence-electron chi connectivity index (χ0n) is 17.0. The van der Waals surface area contributed by atoms with Crippen LogP contribution in [0.5, 0.6) is 0 Å². The van der Waals surface area contributed by atoms with E-state index < -0.39 is 0 Å². The molecule has 0 unspecified atom stereocenters. The van der Waals surface area contributed by atoms with E-state index in [1.54, 1.807) is 18.2 Å². The minimum atomic E-state index is -0.332. The van der Waals surface area contributed by atoms with E-state index in [0.29, 0.717) is 17.2 Å². The third kappa shape index (κ3) is 3.87. The summed E-state index contributed by atoms with van der Waals surface area (Å²) in [6.07, 6.45) is 0.705. The van der Waals surface area contributed by atoms with Crippen molar-refractivity contribution in [3.63, 3.8) is 0 Å². The number of nitrogens with one attached hydrogen (secondary N) is 1. The molecule has 1 heterocycles. The van der Waals surface area contributed by atoms with Gasteiger partial charge in [-0.25, -0.2) is 4.68 Å². The average Bonchev–Trinajstić information content (AvgIpc) is 2.76. The largest absolute Gasteiger partial charge is 0.320 e. The fourth-order valence-corrected chi connectivity index (χ4v) is 3.52. The van der Waals surface area contributed by atoms with Gasteiger partial charge in [-0.2, -0.15) is 5.10 Å². The standard InChI is InChI=1S/C25H23N3O2/c1-17(2)28-25(30)21-14-8-7-13-20(21)23(27-28)24(29)26-22-15-9-6-12-19(22)16-18-10-4-3-5-11-18/h3-15,17H,16H2,1-2H3,(H,26,29). The zero-order chi connectivity index (χ0) is 21.1. The number of hydrogen-bond donors (Lipinski definition) is 1. The van der Waals surface area contributed by atoms with Crippen molar-refractivity contribution in [3.8, 4) is 0 Å². The molecular formula is C25H23N3O2. The van der Waals surface area contributed by atoms with Crippen molar-refractivity contribution in [1.82, 2.24) is 9.78 Å². The lowest BCUT2D eigenvalue weighted by molar-refractivity contribution is 0.102. The molecule has 1 aromatic heterocycles. The number of benzene rings is 3. The van der Waals surface area contributed by atoms with Crippen molar-refractivity contribution in [2.24, 2.45) is 0 Å². The first-order valence-electron chi connectivity index (χ1n) is 9.99.